The van der Waals surface area contributed by atoms with Crippen LogP contribution in [0.15, 0.2) is 91.0 Å². The Kier molecular flexibility index (Phi) is 5.73. The first-order valence-electron chi connectivity index (χ1n) is 11.3. The van der Waals surface area contributed by atoms with Gasteiger partial charge in [-0.05, 0) is 58.9 Å². The molecule has 2 unspecified atom stereocenters. The van der Waals surface area contributed by atoms with E-state index < -0.39 is 7.92 Å². The molecule has 0 amide bonds. The first kappa shape index (κ1) is 20.7. The van der Waals surface area contributed by atoms with Gasteiger partial charge in [-0.3, -0.25) is 0 Å². The number of benzene rings is 4. The zero-order valence-electron chi connectivity index (χ0n) is 18.2. The number of epoxide rings is 2. The fourth-order valence-electron chi connectivity index (χ4n) is 3.92. The van der Waals surface area contributed by atoms with Crippen molar-refractivity contribution in [2.24, 2.45) is 0 Å². The number of rotatable bonds is 9. The Morgan fingerprint density at radius 2 is 1.15 bits per heavy atom. The second-order valence-corrected chi connectivity index (χ2v) is 10.5. The van der Waals surface area contributed by atoms with Crippen LogP contribution in [0.4, 0.5) is 0 Å². The summed E-state index contributed by atoms with van der Waals surface area (Å²) in [6.07, 6.45) is 0.509. The lowest BCUT2D eigenvalue weighted by Gasteiger charge is -2.22. The molecule has 2 atom stereocenters. The smallest absolute Gasteiger partial charge is 0.119 e. The molecule has 0 radical (unpaired) electrons. The maximum Gasteiger partial charge on any atom is 0.119 e. The van der Waals surface area contributed by atoms with Crippen molar-refractivity contribution in [2.75, 3.05) is 26.4 Å². The molecule has 6 rings (SSSR count). The zero-order chi connectivity index (χ0) is 22.0. The van der Waals surface area contributed by atoms with Crippen LogP contribution < -0.4 is 25.4 Å². The third-order valence-corrected chi connectivity index (χ3v) is 8.37. The molecule has 0 aromatic heterocycles. The van der Waals surface area contributed by atoms with Gasteiger partial charge in [0.1, 0.15) is 36.9 Å². The molecule has 4 aromatic carbocycles. The molecule has 2 aliphatic rings. The third kappa shape index (κ3) is 4.89. The molecule has 0 saturated carbocycles. The van der Waals surface area contributed by atoms with Crippen molar-refractivity contribution >= 4 is 34.6 Å². The topological polar surface area (TPSA) is 43.5 Å². The van der Waals surface area contributed by atoms with E-state index in [1.165, 1.54) is 26.7 Å². The van der Waals surface area contributed by atoms with Crippen LogP contribution in [0.2, 0.25) is 0 Å². The minimum Gasteiger partial charge on any atom is -0.491 e. The van der Waals surface area contributed by atoms with Crippen molar-refractivity contribution in [1.29, 1.82) is 0 Å². The van der Waals surface area contributed by atoms with E-state index in [-0.39, 0.29) is 12.2 Å². The Morgan fingerprint density at radius 1 is 0.636 bits per heavy atom. The lowest BCUT2D eigenvalue weighted by atomic mass is 10.1. The number of hydrogen-bond donors (Lipinski definition) is 0. The van der Waals surface area contributed by atoms with Gasteiger partial charge >= 0.3 is 0 Å². The largest absolute Gasteiger partial charge is 0.491 e. The number of fused-ring (bicyclic) bond motifs is 1. The second-order valence-electron chi connectivity index (χ2n) is 8.35. The first-order valence-corrected chi connectivity index (χ1v) is 12.6. The van der Waals surface area contributed by atoms with Crippen LogP contribution in [0.5, 0.6) is 11.5 Å². The summed E-state index contributed by atoms with van der Waals surface area (Å²) in [6, 6.07) is 32.3. The van der Waals surface area contributed by atoms with Gasteiger partial charge in [-0.15, -0.1) is 0 Å². The molecule has 2 heterocycles. The van der Waals surface area contributed by atoms with Gasteiger partial charge in [0.2, 0.25) is 0 Å². The minimum atomic E-state index is -0.750. The van der Waals surface area contributed by atoms with Gasteiger partial charge in [0.15, 0.2) is 0 Å². The molecule has 0 spiro atoms. The predicted octanol–water partition coefficient (Wildman–Crippen LogP) is 4.15. The summed E-state index contributed by atoms with van der Waals surface area (Å²) >= 11 is 0. The molecule has 4 aromatic rings. The summed E-state index contributed by atoms with van der Waals surface area (Å²) in [7, 11) is -0.750. The molecule has 4 nitrogen and oxygen atoms in total. The normalized spacial score (nSPS) is 19.8. The fourth-order valence-corrected chi connectivity index (χ4v) is 6.35. The summed E-state index contributed by atoms with van der Waals surface area (Å²) in [4.78, 5) is 0. The summed E-state index contributed by atoms with van der Waals surface area (Å²) < 4.78 is 22.2. The Morgan fingerprint density at radius 3 is 1.70 bits per heavy atom. The van der Waals surface area contributed by atoms with Crippen molar-refractivity contribution < 1.29 is 18.9 Å². The highest BCUT2D eigenvalue weighted by Gasteiger charge is 2.24. The van der Waals surface area contributed by atoms with E-state index in [9.17, 15) is 0 Å². The lowest BCUT2D eigenvalue weighted by molar-refractivity contribution is 0.263. The van der Waals surface area contributed by atoms with Crippen LogP contribution in [0.25, 0.3) is 10.8 Å². The van der Waals surface area contributed by atoms with Crippen LogP contribution in [-0.4, -0.2) is 38.6 Å². The third-order valence-electron chi connectivity index (χ3n) is 5.87. The number of hydrogen-bond acceptors (Lipinski definition) is 4. The second kappa shape index (κ2) is 9.15. The van der Waals surface area contributed by atoms with Gasteiger partial charge in [-0.1, -0.05) is 66.7 Å². The summed E-state index contributed by atoms with van der Waals surface area (Å²) in [5, 5.41) is 6.48. The molecule has 2 fully saturated rings. The van der Waals surface area contributed by atoms with E-state index in [1.807, 2.05) is 0 Å². The van der Waals surface area contributed by atoms with E-state index in [2.05, 4.69) is 91.0 Å². The average molecular weight is 456 g/mol. The molecular formula is C28H25O4P. The van der Waals surface area contributed by atoms with E-state index in [4.69, 9.17) is 18.9 Å². The van der Waals surface area contributed by atoms with E-state index in [1.54, 1.807) is 0 Å². The molecule has 166 valence electrons. The monoisotopic (exact) mass is 456 g/mol. The predicted molar refractivity (Wildman–Crippen MR) is 133 cm³/mol. The summed E-state index contributed by atoms with van der Waals surface area (Å²) in [5.74, 6) is 1.77. The molecular weight excluding hydrogens is 431 g/mol. The molecule has 2 aliphatic heterocycles. The molecule has 33 heavy (non-hydrogen) atoms. The van der Waals surface area contributed by atoms with Gasteiger partial charge in [0, 0.05) is 0 Å². The van der Waals surface area contributed by atoms with Crippen molar-refractivity contribution in [2.45, 2.75) is 12.2 Å². The van der Waals surface area contributed by atoms with Crippen molar-refractivity contribution in [3.8, 4) is 11.5 Å². The van der Waals surface area contributed by atoms with Gasteiger partial charge in [0.25, 0.3) is 0 Å². The molecule has 0 N–H and O–H groups in total. The molecule has 5 heteroatoms. The van der Waals surface area contributed by atoms with E-state index in [0.717, 1.165) is 24.7 Å². The maximum absolute atomic E-state index is 5.87. The van der Waals surface area contributed by atoms with Crippen LogP contribution in [0.1, 0.15) is 0 Å². The molecule has 0 bridgehead atoms. The fraction of sp³-hybridized carbons (Fsp3) is 0.214. The highest BCUT2D eigenvalue weighted by Crippen LogP contribution is 2.36. The van der Waals surface area contributed by atoms with Crippen molar-refractivity contribution in [3.05, 3.63) is 91.0 Å². The lowest BCUT2D eigenvalue weighted by Crippen LogP contribution is -2.21. The van der Waals surface area contributed by atoms with Crippen LogP contribution in [0, 0.1) is 0 Å². The Labute approximate surface area is 194 Å². The summed E-state index contributed by atoms with van der Waals surface area (Å²) in [5.41, 5.74) is 0. The van der Waals surface area contributed by atoms with Gasteiger partial charge < -0.3 is 18.9 Å². The molecule has 0 aliphatic carbocycles. The van der Waals surface area contributed by atoms with E-state index >= 15 is 0 Å². The van der Waals surface area contributed by atoms with E-state index in [0.29, 0.717) is 13.2 Å². The summed E-state index contributed by atoms with van der Waals surface area (Å²) in [6.45, 7) is 2.84. The van der Waals surface area contributed by atoms with Gasteiger partial charge in [-0.2, -0.15) is 0 Å². The number of ether oxygens (including phenoxy) is 4. The van der Waals surface area contributed by atoms with Crippen molar-refractivity contribution in [1.82, 2.24) is 0 Å². The first-order chi connectivity index (χ1) is 16.3. The SMILES string of the molecule is c1ccc2c(P(c3ccc(OCC4CO4)cc3)c3ccc(OCC4CO4)cc3)cccc2c1. The highest BCUT2D eigenvalue weighted by atomic mass is 31.1. The Bertz CT molecular complexity index is 1170. The van der Waals surface area contributed by atoms with Crippen LogP contribution in [-0.2, 0) is 9.47 Å². The average Bonchev–Trinajstić information content (AvgIpc) is 3.79. The van der Waals surface area contributed by atoms with Crippen molar-refractivity contribution in [3.63, 3.8) is 0 Å². The quantitative estimate of drug-likeness (QED) is 0.280. The molecule has 2 saturated heterocycles. The zero-order valence-corrected chi connectivity index (χ0v) is 19.1. The Hall–Kier alpha value is -2.91. The standard InChI is InChI=1S/C28H25O4P/c1-2-6-27-20(4-1)5-3-7-28(27)33(25-12-8-21(9-13-25)29-16-23-18-31-23)26-14-10-22(11-15-26)30-17-24-19-32-24/h1-15,23-24H,16-19H2. The van der Waals surface area contributed by atoms with Gasteiger partial charge in [0.05, 0.1) is 13.2 Å². The minimum absolute atomic E-state index is 0.254. The maximum atomic E-state index is 5.87. The van der Waals surface area contributed by atoms with Crippen LogP contribution in [0.3, 0.4) is 0 Å². The Balaban J connectivity index is 1.35. The van der Waals surface area contributed by atoms with Gasteiger partial charge in [-0.25, -0.2) is 0 Å². The highest BCUT2D eigenvalue weighted by molar-refractivity contribution is 7.80. The van der Waals surface area contributed by atoms with Crippen LogP contribution >= 0.6 is 7.92 Å².